The van der Waals surface area contributed by atoms with Crippen LogP contribution in [0.1, 0.15) is 18.7 Å². The molecule has 0 saturated heterocycles. The number of aromatic nitrogens is 3. The summed E-state index contributed by atoms with van der Waals surface area (Å²) in [5.41, 5.74) is 2.59. The number of carboxylic acid groups (broad SMARTS) is 1. The SMILES string of the molecule is CN(C)CCCCOc1ccc2c(Nc3ccc4[nH]ccc4c3)nc(C=CC(=O)O)nc2c1. The Balaban J connectivity index is 1.61. The van der Waals surface area contributed by atoms with Crippen molar-refractivity contribution < 1.29 is 14.6 Å². The van der Waals surface area contributed by atoms with Crippen LogP contribution in [0, 0.1) is 0 Å². The smallest absolute Gasteiger partial charge is 0.328 e. The third-order valence-corrected chi connectivity index (χ3v) is 5.15. The highest BCUT2D eigenvalue weighted by molar-refractivity contribution is 5.94. The Kier molecular flexibility index (Phi) is 6.85. The third-order valence-electron chi connectivity index (χ3n) is 5.15. The number of aromatic amines is 1. The highest BCUT2D eigenvalue weighted by Gasteiger charge is 2.10. The van der Waals surface area contributed by atoms with Crippen molar-refractivity contribution in [3.05, 3.63) is 60.6 Å². The molecule has 4 rings (SSSR count). The molecule has 33 heavy (non-hydrogen) atoms. The summed E-state index contributed by atoms with van der Waals surface area (Å²) < 4.78 is 5.92. The molecule has 0 aliphatic rings. The first-order valence-corrected chi connectivity index (χ1v) is 10.8. The van der Waals surface area contributed by atoms with Crippen LogP contribution in [0.5, 0.6) is 5.75 Å². The first-order chi connectivity index (χ1) is 16.0. The average Bonchev–Trinajstić information content (AvgIpc) is 3.25. The molecule has 0 aliphatic carbocycles. The van der Waals surface area contributed by atoms with Gasteiger partial charge in [-0.25, -0.2) is 14.8 Å². The van der Waals surface area contributed by atoms with Crippen LogP contribution in [0.2, 0.25) is 0 Å². The Morgan fingerprint density at radius 1 is 1.15 bits per heavy atom. The number of hydrogen-bond donors (Lipinski definition) is 3. The molecule has 0 saturated carbocycles. The maximum absolute atomic E-state index is 11.0. The van der Waals surface area contributed by atoms with Gasteiger partial charge in [0.25, 0.3) is 0 Å². The molecule has 8 heteroatoms. The van der Waals surface area contributed by atoms with Gasteiger partial charge in [0.05, 0.1) is 12.1 Å². The van der Waals surface area contributed by atoms with Crippen LogP contribution in [-0.4, -0.2) is 58.2 Å². The van der Waals surface area contributed by atoms with Gasteiger partial charge in [0, 0.05) is 40.3 Å². The van der Waals surface area contributed by atoms with Crippen molar-refractivity contribution in [1.29, 1.82) is 0 Å². The highest BCUT2D eigenvalue weighted by Crippen LogP contribution is 2.28. The Hall–Kier alpha value is -3.91. The number of benzene rings is 2. The van der Waals surface area contributed by atoms with Crippen molar-refractivity contribution >= 4 is 45.4 Å². The number of aliphatic carboxylic acids is 1. The van der Waals surface area contributed by atoms with E-state index < -0.39 is 5.97 Å². The fourth-order valence-electron chi connectivity index (χ4n) is 3.52. The minimum Gasteiger partial charge on any atom is -0.494 e. The number of ether oxygens (including phenoxy) is 1. The molecule has 2 heterocycles. The van der Waals surface area contributed by atoms with E-state index in [0.717, 1.165) is 53.2 Å². The van der Waals surface area contributed by atoms with Crippen molar-refractivity contribution in [3.8, 4) is 5.75 Å². The summed E-state index contributed by atoms with van der Waals surface area (Å²) in [5.74, 6) is 0.565. The summed E-state index contributed by atoms with van der Waals surface area (Å²) in [6, 6.07) is 13.7. The van der Waals surface area contributed by atoms with E-state index >= 15 is 0 Å². The van der Waals surface area contributed by atoms with Gasteiger partial charge in [-0.3, -0.25) is 0 Å². The maximum Gasteiger partial charge on any atom is 0.328 e. The van der Waals surface area contributed by atoms with Crippen molar-refractivity contribution in [2.24, 2.45) is 0 Å². The number of fused-ring (bicyclic) bond motifs is 2. The molecule has 0 aliphatic heterocycles. The van der Waals surface area contributed by atoms with Gasteiger partial charge >= 0.3 is 5.97 Å². The molecule has 8 nitrogen and oxygen atoms in total. The largest absolute Gasteiger partial charge is 0.494 e. The van der Waals surface area contributed by atoms with Crippen molar-refractivity contribution in [3.63, 3.8) is 0 Å². The predicted octanol–water partition coefficient (Wildman–Crippen LogP) is 4.67. The van der Waals surface area contributed by atoms with Crippen LogP contribution < -0.4 is 10.1 Å². The number of nitrogens with zero attached hydrogens (tertiary/aromatic N) is 3. The van der Waals surface area contributed by atoms with Crippen LogP contribution in [0.3, 0.4) is 0 Å². The topological polar surface area (TPSA) is 103 Å². The van der Waals surface area contributed by atoms with Crippen molar-refractivity contribution in [2.45, 2.75) is 12.8 Å². The molecular formula is C25H27N5O3. The lowest BCUT2D eigenvalue weighted by Crippen LogP contribution is -2.13. The number of anilines is 2. The van der Waals surface area contributed by atoms with Crippen LogP contribution >= 0.6 is 0 Å². The first kappa shape index (κ1) is 22.3. The molecule has 3 N–H and O–H groups in total. The lowest BCUT2D eigenvalue weighted by atomic mass is 10.2. The van der Waals surface area contributed by atoms with E-state index in [-0.39, 0.29) is 0 Å². The minimum atomic E-state index is -1.05. The fourth-order valence-corrected chi connectivity index (χ4v) is 3.52. The molecule has 2 aromatic carbocycles. The van der Waals surface area contributed by atoms with E-state index in [9.17, 15) is 4.79 Å². The average molecular weight is 446 g/mol. The Morgan fingerprint density at radius 2 is 2.03 bits per heavy atom. The van der Waals surface area contributed by atoms with Crippen LogP contribution in [0.25, 0.3) is 27.9 Å². The minimum absolute atomic E-state index is 0.304. The summed E-state index contributed by atoms with van der Waals surface area (Å²) >= 11 is 0. The van der Waals surface area contributed by atoms with Gasteiger partial charge in [-0.15, -0.1) is 0 Å². The zero-order chi connectivity index (χ0) is 23.2. The fraction of sp³-hybridized carbons (Fsp3) is 0.240. The quantitative estimate of drug-likeness (QED) is 0.241. The molecule has 0 radical (unpaired) electrons. The molecule has 0 unspecified atom stereocenters. The van der Waals surface area contributed by atoms with E-state index in [1.165, 1.54) is 6.08 Å². The Morgan fingerprint density at radius 3 is 2.85 bits per heavy atom. The van der Waals surface area contributed by atoms with Crippen molar-refractivity contribution in [1.82, 2.24) is 19.9 Å². The normalized spacial score (nSPS) is 11.6. The molecule has 0 fully saturated rings. The monoisotopic (exact) mass is 445 g/mol. The summed E-state index contributed by atoms with van der Waals surface area (Å²) in [5, 5.41) is 14.3. The lowest BCUT2D eigenvalue weighted by molar-refractivity contribution is -0.131. The highest BCUT2D eigenvalue weighted by atomic mass is 16.5. The van der Waals surface area contributed by atoms with E-state index in [4.69, 9.17) is 9.84 Å². The zero-order valence-electron chi connectivity index (χ0n) is 18.7. The van der Waals surface area contributed by atoms with E-state index in [1.807, 2.05) is 48.7 Å². The van der Waals surface area contributed by atoms with Crippen LogP contribution in [0.15, 0.2) is 54.7 Å². The number of carbonyl (C=O) groups is 1. The Bertz CT molecular complexity index is 1300. The van der Waals surface area contributed by atoms with Gasteiger partial charge in [0.1, 0.15) is 11.6 Å². The molecule has 170 valence electrons. The summed E-state index contributed by atoms with van der Waals surface area (Å²) in [4.78, 5) is 25.4. The molecule has 4 aromatic rings. The number of carboxylic acids is 1. The van der Waals surface area contributed by atoms with Gasteiger partial charge in [0.2, 0.25) is 0 Å². The van der Waals surface area contributed by atoms with Gasteiger partial charge in [0.15, 0.2) is 5.82 Å². The predicted molar refractivity (Wildman–Crippen MR) is 131 cm³/mol. The molecule has 0 amide bonds. The molecular weight excluding hydrogens is 418 g/mol. The van der Waals surface area contributed by atoms with Crippen molar-refractivity contribution in [2.75, 3.05) is 32.6 Å². The zero-order valence-corrected chi connectivity index (χ0v) is 18.7. The number of rotatable bonds is 10. The van der Waals surface area contributed by atoms with Gasteiger partial charge in [-0.05, 0) is 76.0 Å². The molecule has 2 aromatic heterocycles. The number of hydrogen-bond acceptors (Lipinski definition) is 6. The van der Waals surface area contributed by atoms with E-state index in [2.05, 4.69) is 39.3 Å². The second-order valence-electron chi connectivity index (χ2n) is 8.04. The summed E-state index contributed by atoms with van der Waals surface area (Å²) in [6.45, 7) is 1.65. The standard InChI is InChI=1S/C25H27N5O3/c1-30(2)13-3-4-14-33-19-6-7-20-22(16-19)28-23(9-10-24(31)32)29-25(20)27-18-5-8-21-17(15-18)11-12-26-21/h5-12,15-16,26H,3-4,13-14H2,1-2H3,(H,31,32)(H,27,28,29). The third kappa shape index (κ3) is 5.87. The first-order valence-electron chi connectivity index (χ1n) is 10.8. The van der Waals surface area contributed by atoms with Crippen LogP contribution in [0.4, 0.5) is 11.5 Å². The number of H-pyrrole nitrogens is 1. The van der Waals surface area contributed by atoms with E-state index in [1.54, 1.807) is 0 Å². The van der Waals surface area contributed by atoms with Gasteiger partial charge in [-0.2, -0.15) is 0 Å². The van der Waals surface area contributed by atoms with Gasteiger partial charge in [-0.1, -0.05) is 0 Å². The number of unbranched alkanes of at least 4 members (excludes halogenated alkanes) is 1. The van der Waals surface area contributed by atoms with Crippen LogP contribution in [-0.2, 0) is 4.79 Å². The molecule has 0 spiro atoms. The summed E-state index contributed by atoms with van der Waals surface area (Å²) in [6.07, 6.45) is 6.33. The molecule has 0 bridgehead atoms. The summed E-state index contributed by atoms with van der Waals surface area (Å²) in [7, 11) is 4.12. The lowest BCUT2D eigenvalue weighted by Gasteiger charge is -2.12. The maximum atomic E-state index is 11.0. The number of nitrogens with one attached hydrogen (secondary N) is 2. The second-order valence-corrected chi connectivity index (χ2v) is 8.04. The van der Waals surface area contributed by atoms with Gasteiger partial charge < -0.3 is 25.0 Å². The second kappa shape index (κ2) is 10.1. The Labute approximate surface area is 191 Å². The van der Waals surface area contributed by atoms with E-state index in [0.29, 0.717) is 23.8 Å². The molecule has 0 atom stereocenters.